The van der Waals surface area contributed by atoms with Crippen molar-refractivity contribution in [2.75, 3.05) is 14.2 Å². The third kappa shape index (κ3) is 5.52. The zero-order valence-corrected chi connectivity index (χ0v) is 28.2. The first kappa shape index (κ1) is 33.7. The van der Waals surface area contributed by atoms with Crippen LogP contribution in [0.5, 0.6) is 11.5 Å². The maximum absolute atomic E-state index is 14.9. The number of nitrogens with zero attached hydrogens (tertiary/aromatic N) is 3. The van der Waals surface area contributed by atoms with Crippen molar-refractivity contribution in [1.82, 2.24) is 15.8 Å². The molecule has 7 rings (SSSR count). The molecular weight excluding hydrogens is 691 g/mol. The van der Waals surface area contributed by atoms with Crippen molar-refractivity contribution in [3.63, 3.8) is 0 Å². The number of amides is 2. The molecule has 1 aromatic heterocycles. The lowest BCUT2D eigenvalue weighted by atomic mass is 9.52. The van der Waals surface area contributed by atoms with Gasteiger partial charge >= 0.3 is 0 Å². The number of carbonyl (C=O) groups is 2. The number of nitro groups is 2. The minimum absolute atomic E-state index is 0.129. The van der Waals surface area contributed by atoms with E-state index in [0.29, 0.717) is 50.6 Å². The Hall–Kier alpha value is -6.74. The number of non-ortho nitro benzene ring substituents is 2. The predicted molar refractivity (Wildman–Crippen MR) is 191 cm³/mol. The van der Waals surface area contributed by atoms with E-state index >= 15 is 0 Å². The number of hydrogen-bond donors (Lipinski definition) is 2. The summed E-state index contributed by atoms with van der Waals surface area (Å²) < 4.78 is 16.9. The topological polar surface area (TPSA) is 189 Å². The van der Waals surface area contributed by atoms with Crippen LogP contribution in [-0.2, 0) is 9.59 Å². The van der Waals surface area contributed by atoms with E-state index in [2.05, 4.69) is 15.8 Å². The number of allylic oxidation sites excluding steroid dienone is 1. The van der Waals surface area contributed by atoms with Gasteiger partial charge in [-0.25, -0.2) is 0 Å². The molecule has 5 aromatic rings. The van der Waals surface area contributed by atoms with E-state index in [1.165, 1.54) is 50.6 Å². The average Bonchev–Trinajstić information content (AvgIpc) is 3.59. The van der Waals surface area contributed by atoms with Crippen molar-refractivity contribution in [1.29, 1.82) is 0 Å². The van der Waals surface area contributed by atoms with Gasteiger partial charge in [0.15, 0.2) is 16.3 Å². The van der Waals surface area contributed by atoms with Crippen molar-refractivity contribution in [2.45, 2.75) is 11.8 Å². The summed E-state index contributed by atoms with van der Waals surface area (Å²) in [6, 6.07) is 25.2. The Morgan fingerprint density at radius 2 is 1.23 bits per heavy atom. The summed E-state index contributed by atoms with van der Waals surface area (Å²) in [5.41, 5.74) is 0.723. The molecule has 15 heteroatoms. The van der Waals surface area contributed by atoms with Gasteiger partial charge < -0.3 is 24.6 Å². The van der Waals surface area contributed by atoms with Crippen LogP contribution < -0.4 is 20.1 Å². The normalized spacial score (nSPS) is 18.3. The molecule has 2 aliphatic rings. The molecule has 1 aliphatic carbocycles. The van der Waals surface area contributed by atoms with E-state index in [1.807, 2.05) is 0 Å². The summed E-state index contributed by atoms with van der Waals surface area (Å²) in [7, 11) is 3.03. The van der Waals surface area contributed by atoms with Crippen LogP contribution in [0.15, 0.2) is 102 Å². The van der Waals surface area contributed by atoms with E-state index in [-0.39, 0.29) is 22.2 Å². The van der Waals surface area contributed by atoms with Crippen molar-refractivity contribution < 1.29 is 33.4 Å². The molecule has 14 nitrogen and oxygen atoms in total. The largest absolute Gasteiger partial charge is 0.497 e. The standard InChI is InChI=1S/C37H27N5O9S/c1-49-26-15-7-21(8-16-26)30-28(19-20-3-11-24(12-4-20)41(45)46)32-29(33(51-40-32)23-5-13-25(14-6-23)42(47)48)31(22-9-17-27(50-2)18-10-22)37(30)34(43)38-36(52)39-35(37)44/h3-19,30-31H,1-2H3,(H2,38,39,43,44,52)/b28-19-. The monoisotopic (exact) mass is 717 g/mol. The fourth-order valence-electron chi connectivity index (χ4n) is 7.05. The van der Waals surface area contributed by atoms with Crippen LogP contribution in [0, 0.1) is 25.6 Å². The van der Waals surface area contributed by atoms with Gasteiger partial charge in [-0.2, -0.15) is 0 Å². The van der Waals surface area contributed by atoms with Crippen LogP contribution >= 0.6 is 12.2 Å². The summed E-state index contributed by atoms with van der Waals surface area (Å²) in [5.74, 6) is -2.32. The first-order valence-electron chi connectivity index (χ1n) is 15.7. The molecule has 4 aromatic carbocycles. The van der Waals surface area contributed by atoms with Gasteiger partial charge in [0, 0.05) is 47.2 Å². The maximum Gasteiger partial charge on any atom is 0.269 e. The minimum atomic E-state index is -2.01. The highest BCUT2D eigenvalue weighted by Crippen LogP contribution is 2.63. The Balaban J connectivity index is 1.61. The van der Waals surface area contributed by atoms with Crippen LogP contribution in [0.25, 0.3) is 23.0 Å². The van der Waals surface area contributed by atoms with Gasteiger partial charge in [0.05, 0.1) is 24.1 Å². The summed E-state index contributed by atoms with van der Waals surface area (Å²) in [4.78, 5) is 51.7. The number of nitro benzene ring substituents is 2. The fourth-order valence-corrected chi connectivity index (χ4v) is 7.24. The van der Waals surface area contributed by atoms with Crippen LogP contribution in [0.4, 0.5) is 11.4 Å². The van der Waals surface area contributed by atoms with Crippen LogP contribution in [0.3, 0.4) is 0 Å². The van der Waals surface area contributed by atoms with Gasteiger partial charge in [-0.1, -0.05) is 29.4 Å². The predicted octanol–water partition coefficient (Wildman–Crippen LogP) is 6.16. The van der Waals surface area contributed by atoms with Crippen molar-refractivity contribution in [3.05, 3.63) is 145 Å². The molecule has 2 unspecified atom stereocenters. The molecule has 52 heavy (non-hydrogen) atoms. The molecule has 0 radical (unpaired) electrons. The number of methoxy groups -OCH3 is 2. The van der Waals surface area contributed by atoms with Gasteiger partial charge in [0.25, 0.3) is 11.4 Å². The lowest BCUT2D eigenvalue weighted by molar-refractivity contribution is -0.385. The Bertz CT molecular complexity index is 2260. The molecule has 2 amide bonds. The number of hydrogen-bond acceptors (Lipinski definition) is 11. The second kappa shape index (κ2) is 13.2. The van der Waals surface area contributed by atoms with Crippen LogP contribution in [-0.4, -0.2) is 46.1 Å². The van der Waals surface area contributed by atoms with Crippen molar-refractivity contribution >= 4 is 52.2 Å². The molecular formula is C37H27N5O9S. The third-order valence-electron chi connectivity index (χ3n) is 9.38. The number of nitrogens with one attached hydrogen (secondary N) is 2. The Morgan fingerprint density at radius 3 is 1.71 bits per heavy atom. The lowest BCUT2D eigenvalue weighted by Gasteiger charge is -2.49. The number of rotatable bonds is 8. The first-order valence-corrected chi connectivity index (χ1v) is 16.1. The van der Waals surface area contributed by atoms with E-state index in [4.69, 9.17) is 26.2 Å². The number of benzene rings is 4. The summed E-state index contributed by atoms with van der Waals surface area (Å²) in [6.07, 6.45) is 1.71. The van der Waals surface area contributed by atoms with E-state index in [9.17, 15) is 29.8 Å². The van der Waals surface area contributed by atoms with Gasteiger partial charge in [0.2, 0.25) is 11.8 Å². The smallest absolute Gasteiger partial charge is 0.269 e. The maximum atomic E-state index is 14.9. The summed E-state index contributed by atoms with van der Waals surface area (Å²) >= 11 is 5.30. The number of aromatic nitrogens is 1. The summed E-state index contributed by atoms with van der Waals surface area (Å²) in [5, 5.41) is 32.8. The van der Waals surface area contributed by atoms with Crippen molar-refractivity contribution in [2.24, 2.45) is 5.41 Å². The third-order valence-corrected chi connectivity index (χ3v) is 9.59. The fraction of sp³-hybridized carbons (Fsp3) is 0.135. The van der Waals surface area contributed by atoms with E-state index in [0.717, 1.165) is 0 Å². The lowest BCUT2D eigenvalue weighted by Crippen LogP contribution is -2.67. The highest BCUT2D eigenvalue weighted by atomic mass is 32.1. The number of thiocarbonyl (C=S) groups is 1. The average molecular weight is 718 g/mol. The zero-order valence-electron chi connectivity index (χ0n) is 27.4. The SMILES string of the molecule is COc1ccc(C2/C(=C/c3ccc([N+](=O)[O-])cc3)c3noc(-c4ccc([N+](=O)[O-])cc4)c3C(c3ccc(OC)cc3)C23C(=O)NC(=S)NC3=O)cc1. The molecule has 1 fully saturated rings. The minimum Gasteiger partial charge on any atom is -0.497 e. The number of carbonyl (C=O) groups excluding carboxylic acids is 2. The Kier molecular flexibility index (Phi) is 8.56. The second-order valence-electron chi connectivity index (χ2n) is 12.0. The Morgan fingerprint density at radius 1 is 0.750 bits per heavy atom. The second-order valence-corrected chi connectivity index (χ2v) is 12.5. The molecule has 0 bridgehead atoms. The number of ether oxygens (including phenoxy) is 2. The molecule has 1 spiro atoms. The molecule has 2 N–H and O–H groups in total. The van der Waals surface area contributed by atoms with E-state index < -0.39 is 38.9 Å². The molecule has 260 valence electrons. The van der Waals surface area contributed by atoms with Gasteiger partial charge in [-0.3, -0.25) is 29.8 Å². The van der Waals surface area contributed by atoms with Crippen LogP contribution in [0.1, 0.15) is 39.8 Å². The zero-order chi connectivity index (χ0) is 36.7. The molecule has 2 heterocycles. The van der Waals surface area contributed by atoms with Gasteiger partial charge in [0.1, 0.15) is 17.2 Å². The highest BCUT2D eigenvalue weighted by molar-refractivity contribution is 7.80. The molecule has 0 saturated carbocycles. The molecule has 2 atom stereocenters. The quantitative estimate of drug-likeness (QED) is 0.0809. The molecule has 1 aliphatic heterocycles. The van der Waals surface area contributed by atoms with Gasteiger partial charge in [-0.05, 0) is 89.1 Å². The highest BCUT2D eigenvalue weighted by Gasteiger charge is 2.66. The number of fused-ring (bicyclic) bond motifs is 1. The summed E-state index contributed by atoms with van der Waals surface area (Å²) in [6.45, 7) is 0. The van der Waals surface area contributed by atoms with Gasteiger partial charge in [-0.15, -0.1) is 0 Å². The van der Waals surface area contributed by atoms with Crippen molar-refractivity contribution in [3.8, 4) is 22.8 Å². The molecule has 1 saturated heterocycles. The Labute approximate surface area is 300 Å². The first-order chi connectivity index (χ1) is 25.1. The van der Waals surface area contributed by atoms with Crippen LogP contribution in [0.2, 0.25) is 0 Å². The van der Waals surface area contributed by atoms with E-state index in [1.54, 1.807) is 66.7 Å².